The number of benzene rings is 1. The number of pyridine rings is 1. The molecule has 1 N–H and O–H groups in total. The van der Waals surface area contributed by atoms with Crippen LogP contribution in [-0.4, -0.2) is 27.1 Å². The zero-order chi connectivity index (χ0) is 21.1. The summed E-state index contributed by atoms with van der Waals surface area (Å²) in [6.07, 6.45) is 1.95. The fraction of sp³-hybridized carbons (Fsp3) is 0.333. The van der Waals surface area contributed by atoms with Crippen LogP contribution in [0.1, 0.15) is 23.7 Å². The molecule has 2 rings (SSSR count). The molecule has 0 fully saturated rings. The van der Waals surface area contributed by atoms with Crippen molar-refractivity contribution in [1.29, 1.82) is 0 Å². The second kappa shape index (κ2) is 9.60. The Kier molecular flexibility index (Phi) is 7.95. The Morgan fingerprint density at radius 3 is 2.68 bits per heavy atom. The van der Waals surface area contributed by atoms with Gasteiger partial charge in [0.1, 0.15) is 0 Å². The zero-order valence-electron chi connectivity index (χ0n) is 15.6. The molecule has 156 valence electrons. The Morgan fingerprint density at radius 2 is 2.11 bits per heavy atom. The minimum atomic E-state index is -2.98. The van der Waals surface area contributed by atoms with Crippen molar-refractivity contribution >= 4 is 27.6 Å². The van der Waals surface area contributed by atoms with Gasteiger partial charge in [-0.2, -0.15) is 0 Å². The number of hydrogen-bond donors (Lipinski definition) is 1. The zero-order valence-corrected chi connectivity index (χ0v) is 19.3. The number of ether oxygens (including phenoxy) is 1. The van der Waals surface area contributed by atoms with Crippen LogP contribution in [0.3, 0.4) is 0 Å². The van der Waals surface area contributed by atoms with Crippen LogP contribution in [0, 0.1) is 17.3 Å². The third-order valence-corrected chi connectivity index (χ3v) is 7.47. The average molecular weight is 544 g/mol. The Hall–Kier alpha value is -1.10. The van der Waals surface area contributed by atoms with E-state index < -0.39 is 25.1 Å². The van der Waals surface area contributed by atoms with Crippen LogP contribution >= 0.6 is 11.6 Å². The predicted molar refractivity (Wildman–Crippen MR) is 105 cm³/mol. The van der Waals surface area contributed by atoms with Crippen molar-refractivity contribution < 1.29 is 39.9 Å². The van der Waals surface area contributed by atoms with Gasteiger partial charge in [-0.15, -0.1) is 0 Å². The van der Waals surface area contributed by atoms with Crippen LogP contribution in [0.25, 0.3) is 0 Å². The summed E-state index contributed by atoms with van der Waals surface area (Å²) >= 11 is 4.54. The van der Waals surface area contributed by atoms with Crippen molar-refractivity contribution in [3.05, 3.63) is 51.3 Å². The summed E-state index contributed by atoms with van der Waals surface area (Å²) in [5, 5.41) is 23.5. The van der Waals surface area contributed by atoms with Gasteiger partial charge in [0, 0.05) is 0 Å². The molecule has 5 nitrogen and oxygen atoms in total. The summed E-state index contributed by atoms with van der Waals surface area (Å²) in [7, 11) is -0.257. The van der Waals surface area contributed by atoms with Crippen molar-refractivity contribution in [2.24, 2.45) is 0 Å². The molecule has 10 heteroatoms. The van der Waals surface area contributed by atoms with Crippen LogP contribution in [0.4, 0.5) is 14.5 Å². The van der Waals surface area contributed by atoms with E-state index in [1.807, 2.05) is 13.2 Å². The molecular weight excluding hydrogens is 525 g/mol. The van der Waals surface area contributed by atoms with E-state index in [-0.39, 0.29) is 49.1 Å². The Bertz CT molecular complexity index is 961. The number of rotatable bonds is 5. The van der Waals surface area contributed by atoms with Gasteiger partial charge >= 0.3 is 181 Å². The monoisotopic (exact) mass is 543 g/mol. The van der Waals surface area contributed by atoms with Crippen LogP contribution < -0.4 is 31.2 Å². The molecule has 0 amide bonds. The molecule has 1 heterocycles. The van der Waals surface area contributed by atoms with E-state index in [2.05, 4.69) is 10.2 Å². The predicted octanol–water partition coefficient (Wildman–Crippen LogP) is 1.87. The molecule has 28 heavy (non-hydrogen) atoms. The SMILES string of the molecule is CC[S-](C)#Cc1cc(N([O-])O)c(C)nc1Oc1ccc(Cl)c(C(F)(F)[I-]C)c1. The first-order valence-electron chi connectivity index (χ1n) is 8.02. The van der Waals surface area contributed by atoms with Gasteiger partial charge < -0.3 is 0 Å². The van der Waals surface area contributed by atoms with E-state index in [0.29, 0.717) is 5.56 Å². The van der Waals surface area contributed by atoms with Crippen LogP contribution in [0.5, 0.6) is 11.6 Å². The minimum absolute atomic E-state index is 0.0277. The number of aromatic nitrogens is 1. The molecule has 0 bridgehead atoms. The summed E-state index contributed by atoms with van der Waals surface area (Å²) in [6, 6.07) is 5.45. The summed E-state index contributed by atoms with van der Waals surface area (Å²) in [6.45, 7) is 3.51. The van der Waals surface area contributed by atoms with Crippen molar-refractivity contribution in [2.45, 2.75) is 17.8 Å². The van der Waals surface area contributed by atoms with Gasteiger partial charge in [0.05, 0.1) is 0 Å². The quantitative estimate of drug-likeness (QED) is 0.270. The second-order valence-electron chi connectivity index (χ2n) is 5.68. The number of nitrogens with zero attached hydrogens (tertiary/aromatic N) is 2. The molecule has 0 radical (unpaired) electrons. The van der Waals surface area contributed by atoms with Crippen LogP contribution in [0.15, 0.2) is 24.3 Å². The standard InChI is InChI=1S/C18H19ClF2IN2O3S/c1-5-28(4)10-12-8-16(24(25)26)11(2)23-17(12)27-13-6-7-15(19)14(9-13)18(20,21)22-3/h6-9,25H,5H2,1-4H3/q-3. The van der Waals surface area contributed by atoms with Crippen LogP contribution in [0.2, 0.25) is 5.02 Å². The topological polar surface area (TPSA) is 68.7 Å². The molecule has 0 aliphatic heterocycles. The van der Waals surface area contributed by atoms with E-state index in [1.165, 1.54) is 36.1 Å². The van der Waals surface area contributed by atoms with Crippen molar-refractivity contribution in [2.75, 3.05) is 22.2 Å². The Labute approximate surface area is 180 Å². The molecule has 0 spiro atoms. The number of alkyl halides is 4. The van der Waals surface area contributed by atoms with Crippen molar-refractivity contribution in [3.63, 3.8) is 0 Å². The first-order valence-corrected chi connectivity index (χ1v) is 13.4. The van der Waals surface area contributed by atoms with Gasteiger partial charge in [-0.05, 0) is 0 Å². The molecule has 1 aromatic heterocycles. The summed E-state index contributed by atoms with van der Waals surface area (Å²) < 4.78 is 31.1. The van der Waals surface area contributed by atoms with Gasteiger partial charge in [-0.1, -0.05) is 0 Å². The number of hydrogen-bond acceptors (Lipinski definition) is 6. The first kappa shape index (κ1) is 23.2. The molecule has 0 saturated carbocycles. The van der Waals surface area contributed by atoms with Gasteiger partial charge in [-0.25, -0.2) is 0 Å². The third kappa shape index (κ3) is 5.49. The number of halogens is 4. The van der Waals surface area contributed by atoms with Gasteiger partial charge in [0.2, 0.25) is 0 Å². The first-order chi connectivity index (χ1) is 13.1. The molecule has 0 saturated heterocycles. The summed E-state index contributed by atoms with van der Waals surface area (Å²) in [5.41, 5.74) is 0.274. The molecular formula is C18H19ClF2IN2O3S-3. The van der Waals surface area contributed by atoms with Crippen molar-refractivity contribution in [3.8, 4) is 16.8 Å². The fourth-order valence-electron chi connectivity index (χ4n) is 2.18. The second-order valence-corrected chi connectivity index (χ2v) is 10.6. The Morgan fingerprint density at radius 1 is 1.43 bits per heavy atom. The van der Waals surface area contributed by atoms with Gasteiger partial charge in [0.15, 0.2) is 0 Å². The van der Waals surface area contributed by atoms with E-state index in [9.17, 15) is 19.2 Å². The van der Waals surface area contributed by atoms with E-state index >= 15 is 0 Å². The van der Waals surface area contributed by atoms with Gasteiger partial charge in [-0.3, -0.25) is 0 Å². The molecule has 0 aliphatic rings. The van der Waals surface area contributed by atoms with Crippen molar-refractivity contribution in [1.82, 2.24) is 4.98 Å². The van der Waals surface area contributed by atoms with Gasteiger partial charge in [0.25, 0.3) is 0 Å². The summed E-state index contributed by atoms with van der Waals surface area (Å²) in [5.74, 6) is 1.06. The fourth-order valence-corrected chi connectivity index (χ4v) is 4.26. The Balaban J connectivity index is 2.56. The molecule has 2 aromatic rings. The normalized spacial score (nSPS) is 11.6. The van der Waals surface area contributed by atoms with E-state index in [0.717, 1.165) is 5.75 Å². The maximum absolute atomic E-state index is 14.2. The molecule has 0 unspecified atom stereocenters. The van der Waals surface area contributed by atoms with Crippen LogP contribution in [-0.2, 0) is 14.2 Å². The third-order valence-electron chi connectivity index (χ3n) is 3.77. The molecule has 0 atom stereocenters. The number of aryl methyl sites for hydroxylation is 1. The molecule has 1 aromatic carbocycles. The van der Waals surface area contributed by atoms with E-state index in [1.54, 1.807) is 0 Å². The van der Waals surface area contributed by atoms with E-state index in [4.69, 9.17) is 16.3 Å². The summed E-state index contributed by atoms with van der Waals surface area (Å²) in [4.78, 5) is 5.69. The molecule has 0 aliphatic carbocycles. The maximum atomic E-state index is 14.2. The number of anilines is 1. The average Bonchev–Trinajstić information content (AvgIpc) is 2.64.